The van der Waals surface area contributed by atoms with E-state index in [0.29, 0.717) is 0 Å². The largest absolute Gasteiger partial charge is 0.469 e. The highest BCUT2D eigenvalue weighted by Crippen LogP contribution is 2.36. The van der Waals surface area contributed by atoms with Gasteiger partial charge in [-0.15, -0.1) is 0 Å². The third-order valence-electron chi connectivity index (χ3n) is 4.85. The Labute approximate surface area is 190 Å². The zero-order valence-electron chi connectivity index (χ0n) is 18.0. The van der Waals surface area contributed by atoms with Crippen LogP contribution in [-0.4, -0.2) is 65.2 Å². The minimum Gasteiger partial charge on any atom is -0.469 e. The summed E-state index contributed by atoms with van der Waals surface area (Å²) in [6, 6.07) is 1.24. The first kappa shape index (κ1) is 25.3. The SMILES string of the molecule is CCS(=O)(=O)c1cc(N(C)C(C)=O)cnc1-c1ncc2c(OCC(F)(F)C(F)(F)F)nccn12. The lowest BCUT2D eigenvalue weighted by atomic mass is 10.3. The van der Waals surface area contributed by atoms with Gasteiger partial charge in [-0.1, -0.05) is 6.92 Å². The molecular weight excluding hydrogens is 489 g/mol. The number of alkyl halides is 5. The second-order valence-electron chi connectivity index (χ2n) is 7.08. The van der Waals surface area contributed by atoms with E-state index in [0.717, 1.165) is 12.4 Å². The summed E-state index contributed by atoms with van der Waals surface area (Å²) in [4.78, 5) is 24.5. The number of carbonyl (C=O) groups is 1. The van der Waals surface area contributed by atoms with Crippen LogP contribution >= 0.6 is 0 Å². The zero-order chi connectivity index (χ0) is 25.5. The van der Waals surface area contributed by atoms with Crippen molar-refractivity contribution >= 4 is 26.9 Å². The summed E-state index contributed by atoms with van der Waals surface area (Å²) in [5.74, 6) is -6.43. The molecule has 0 fully saturated rings. The quantitative estimate of drug-likeness (QED) is 0.452. The van der Waals surface area contributed by atoms with Crippen molar-refractivity contribution in [2.75, 3.05) is 24.3 Å². The number of imidazole rings is 1. The van der Waals surface area contributed by atoms with Gasteiger partial charge in [-0.05, 0) is 6.07 Å². The summed E-state index contributed by atoms with van der Waals surface area (Å²) in [6.07, 6.45) is -1.15. The maximum absolute atomic E-state index is 13.3. The number of anilines is 1. The van der Waals surface area contributed by atoms with Crippen molar-refractivity contribution in [1.82, 2.24) is 19.4 Å². The average Bonchev–Trinajstić information content (AvgIpc) is 3.20. The minimum atomic E-state index is -5.81. The Balaban J connectivity index is 2.12. The number of aromatic nitrogens is 4. The number of nitrogens with zero attached hydrogens (tertiary/aromatic N) is 5. The molecule has 0 aliphatic carbocycles. The topological polar surface area (TPSA) is 107 Å². The van der Waals surface area contributed by atoms with Crippen molar-refractivity contribution in [1.29, 1.82) is 0 Å². The van der Waals surface area contributed by atoms with Gasteiger partial charge in [0.05, 0.1) is 28.7 Å². The number of rotatable bonds is 7. The van der Waals surface area contributed by atoms with Gasteiger partial charge < -0.3 is 9.64 Å². The molecule has 184 valence electrons. The van der Waals surface area contributed by atoms with E-state index in [-0.39, 0.29) is 39.3 Å². The highest BCUT2D eigenvalue weighted by atomic mass is 32.2. The molecule has 3 heterocycles. The van der Waals surface area contributed by atoms with Gasteiger partial charge in [0.25, 0.3) is 0 Å². The molecule has 3 aromatic heterocycles. The first-order chi connectivity index (χ1) is 15.7. The number of halogens is 5. The van der Waals surface area contributed by atoms with Crippen LogP contribution in [0.15, 0.2) is 35.7 Å². The molecule has 0 N–H and O–H groups in total. The first-order valence-corrected chi connectivity index (χ1v) is 11.2. The molecule has 0 unspecified atom stereocenters. The van der Waals surface area contributed by atoms with E-state index < -0.39 is 34.4 Å². The first-order valence-electron chi connectivity index (χ1n) is 9.56. The highest BCUT2D eigenvalue weighted by Gasteiger charge is 2.58. The molecule has 34 heavy (non-hydrogen) atoms. The number of hydrogen-bond donors (Lipinski definition) is 0. The van der Waals surface area contributed by atoms with Crippen LogP contribution in [-0.2, 0) is 14.6 Å². The molecule has 0 atom stereocenters. The van der Waals surface area contributed by atoms with E-state index in [1.807, 2.05) is 0 Å². The lowest BCUT2D eigenvalue weighted by Gasteiger charge is -2.19. The van der Waals surface area contributed by atoms with Crippen molar-refractivity contribution in [3.8, 4) is 17.4 Å². The molecule has 1 amide bonds. The van der Waals surface area contributed by atoms with E-state index in [1.54, 1.807) is 0 Å². The van der Waals surface area contributed by atoms with Crippen LogP contribution < -0.4 is 9.64 Å². The fourth-order valence-corrected chi connectivity index (χ4v) is 3.84. The van der Waals surface area contributed by atoms with Crippen molar-refractivity contribution in [3.63, 3.8) is 0 Å². The van der Waals surface area contributed by atoms with Gasteiger partial charge >= 0.3 is 12.1 Å². The fourth-order valence-electron chi connectivity index (χ4n) is 2.79. The molecule has 0 aliphatic heterocycles. The summed E-state index contributed by atoms with van der Waals surface area (Å²) in [5, 5.41) is 0. The average molecular weight is 507 g/mol. The Morgan fingerprint density at radius 2 is 1.82 bits per heavy atom. The zero-order valence-corrected chi connectivity index (χ0v) is 18.8. The van der Waals surface area contributed by atoms with E-state index in [1.165, 1.54) is 48.7 Å². The van der Waals surface area contributed by atoms with Crippen LogP contribution in [0, 0.1) is 0 Å². The number of carbonyl (C=O) groups excluding carboxylic acids is 1. The molecule has 9 nitrogen and oxygen atoms in total. The van der Waals surface area contributed by atoms with Crippen molar-refractivity contribution < 1.29 is 39.9 Å². The standard InChI is InChI=1S/C19H18F5N5O4S/c1-4-34(31,32)14-7-12(28(3)11(2)30)8-26-15(14)16-27-9-13-17(25-5-6-29(13)16)33-10-18(20,21)19(22,23)24/h5-9H,4,10H2,1-3H3. The Bertz CT molecular complexity index is 1340. The van der Waals surface area contributed by atoms with Crippen LogP contribution in [0.1, 0.15) is 13.8 Å². The smallest absolute Gasteiger partial charge is 0.456 e. The second-order valence-corrected chi connectivity index (χ2v) is 9.33. The molecule has 0 radical (unpaired) electrons. The Morgan fingerprint density at radius 1 is 1.15 bits per heavy atom. The maximum atomic E-state index is 13.3. The van der Waals surface area contributed by atoms with Crippen LogP contribution in [0.4, 0.5) is 27.6 Å². The summed E-state index contributed by atoms with van der Waals surface area (Å²) < 4.78 is 95.2. The van der Waals surface area contributed by atoms with E-state index in [2.05, 4.69) is 19.7 Å². The molecule has 0 saturated carbocycles. The van der Waals surface area contributed by atoms with Crippen LogP contribution in [0.3, 0.4) is 0 Å². The number of fused-ring (bicyclic) bond motifs is 1. The van der Waals surface area contributed by atoms with E-state index in [4.69, 9.17) is 0 Å². The number of ether oxygens (including phenoxy) is 1. The Kier molecular flexibility index (Phi) is 6.52. The van der Waals surface area contributed by atoms with Gasteiger partial charge in [-0.25, -0.2) is 23.4 Å². The molecule has 0 saturated heterocycles. The van der Waals surface area contributed by atoms with Crippen molar-refractivity contribution in [2.45, 2.75) is 30.8 Å². The van der Waals surface area contributed by atoms with Gasteiger partial charge in [-0.2, -0.15) is 22.0 Å². The van der Waals surface area contributed by atoms with Crippen LogP contribution in [0.5, 0.6) is 5.88 Å². The second kappa shape index (κ2) is 8.77. The lowest BCUT2D eigenvalue weighted by molar-refractivity contribution is -0.290. The predicted molar refractivity (Wildman–Crippen MR) is 110 cm³/mol. The molecule has 0 aromatic carbocycles. The summed E-state index contributed by atoms with van der Waals surface area (Å²) in [7, 11) is -2.46. The summed E-state index contributed by atoms with van der Waals surface area (Å²) in [6.45, 7) is 0.672. The monoisotopic (exact) mass is 507 g/mol. The molecule has 0 bridgehead atoms. The Morgan fingerprint density at radius 3 is 2.41 bits per heavy atom. The number of hydrogen-bond acceptors (Lipinski definition) is 7. The van der Waals surface area contributed by atoms with Crippen LogP contribution in [0.25, 0.3) is 17.0 Å². The van der Waals surface area contributed by atoms with Gasteiger partial charge in [0, 0.05) is 26.4 Å². The minimum absolute atomic E-state index is 0.0612. The van der Waals surface area contributed by atoms with Gasteiger partial charge in [0.15, 0.2) is 22.3 Å². The predicted octanol–water partition coefficient (Wildman–Crippen LogP) is 3.14. The summed E-state index contributed by atoms with van der Waals surface area (Å²) in [5.41, 5.74) is -0.0217. The maximum Gasteiger partial charge on any atom is 0.456 e. The molecule has 3 rings (SSSR count). The van der Waals surface area contributed by atoms with E-state index >= 15 is 0 Å². The van der Waals surface area contributed by atoms with Crippen molar-refractivity contribution in [2.24, 2.45) is 0 Å². The number of pyridine rings is 1. The van der Waals surface area contributed by atoms with Gasteiger partial charge in [0.2, 0.25) is 11.8 Å². The number of amides is 1. The molecular formula is C19H18F5N5O4S. The van der Waals surface area contributed by atoms with Gasteiger partial charge in [0.1, 0.15) is 11.2 Å². The third-order valence-corrected chi connectivity index (χ3v) is 6.59. The van der Waals surface area contributed by atoms with E-state index in [9.17, 15) is 35.2 Å². The van der Waals surface area contributed by atoms with Crippen molar-refractivity contribution in [3.05, 3.63) is 30.9 Å². The lowest BCUT2D eigenvalue weighted by Crippen LogP contribution is -2.41. The summed E-state index contributed by atoms with van der Waals surface area (Å²) >= 11 is 0. The van der Waals surface area contributed by atoms with Crippen LogP contribution in [0.2, 0.25) is 0 Å². The Hall–Kier alpha value is -3.36. The normalized spacial score (nSPS) is 12.7. The molecule has 0 spiro atoms. The fraction of sp³-hybridized carbons (Fsp3) is 0.368. The molecule has 3 aromatic rings. The highest BCUT2D eigenvalue weighted by molar-refractivity contribution is 7.91. The molecule has 0 aliphatic rings. The molecule has 15 heteroatoms. The van der Waals surface area contributed by atoms with Gasteiger partial charge in [-0.3, -0.25) is 9.20 Å². The number of sulfone groups is 1. The third kappa shape index (κ3) is 4.64.